The number of ether oxygens (including phenoxy) is 1. The molecule has 1 aromatic rings. The van der Waals surface area contributed by atoms with Gasteiger partial charge in [0.05, 0.1) is 6.04 Å². The van der Waals surface area contributed by atoms with E-state index in [0.29, 0.717) is 5.75 Å². The van der Waals surface area contributed by atoms with E-state index < -0.39 is 12.1 Å². The minimum atomic E-state index is -0.574. The smallest absolute Gasteiger partial charge is 0.410 e. The quantitative estimate of drug-likeness (QED) is 0.358. The minimum Gasteiger partial charge on any atom is -0.410 e. The van der Waals surface area contributed by atoms with Crippen LogP contribution in [0.3, 0.4) is 0 Å². The summed E-state index contributed by atoms with van der Waals surface area (Å²) in [7, 11) is 1.51. The van der Waals surface area contributed by atoms with Crippen LogP contribution in [-0.2, 0) is 0 Å². The fourth-order valence-electron chi connectivity index (χ4n) is 1.10. The third-order valence-electron chi connectivity index (χ3n) is 2.36. The molecule has 1 aromatic carbocycles. The van der Waals surface area contributed by atoms with E-state index in [9.17, 15) is 4.79 Å². The summed E-state index contributed by atoms with van der Waals surface area (Å²) in [6.07, 6.45) is -0.574. The summed E-state index contributed by atoms with van der Waals surface area (Å²) in [5.74, 6) is 0.383. The minimum absolute atomic E-state index is 0.0579. The Morgan fingerprint density at radius 1 is 1.47 bits per heavy atom. The molecular formula is C11H15N3O3. The number of amides is 1. The third-order valence-corrected chi connectivity index (χ3v) is 2.36. The van der Waals surface area contributed by atoms with Crippen molar-refractivity contribution >= 4 is 11.9 Å². The number of hydrogen-bond acceptors (Lipinski definition) is 4. The van der Waals surface area contributed by atoms with Crippen LogP contribution in [0.4, 0.5) is 4.79 Å². The molecule has 0 aromatic heterocycles. The largest absolute Gasteiger partial charge is 0.415 e. The number of likely N-dealkylation sites (N-methyl/N-ethyl adjacent to an activating group) is 1. The number of carbonyl (C=O) groups is 1. The number of rotatable bonds is 3. The van der Waals surface area contributed by atoms with Gasteiger partial charge in [-0.25, -0.2) is 4.79 Å². The Bertz CT molecular complexity index is 406. The van der Waals surface area contributed by atoms with E-state index in [-0.39, 0.29) is 5.84 Å². The lowest BCUT2D eigenvalue weighted by molar-refractivity contribution is 0.158. The van der Waals surface area contributed by atoms with Gasteiger partial charge in [0.15, 0.2) is 5.84 Å². The molecular weight excluding hydrogens is 222 g/mol. The molecule has 0 aliphatic carbocycles. The number of amidine groups is 1. The van der Waals surface area contributed by atoms with Crippen LogP contribution in [0.2, 0.25) is 0 Å². The molecule has 1 rings (SSSR count). The zero-order chi connectivity index (χ0) is 12.8. The molecule has 17 heavy (non-hydrogen) atoms. The lowest BCUT2D eigenvalue weighted by atomic mass is 10.3. The summed E-state index contributed by atoms with van der Waals surface area (Å²) in [4.78, 5) is 12.9. The summed E-state index contributed by atoms with van der Waals surface area (Å²) in [5, 5.41) is 11.4. The van der Waals surface area contributed by atoms with Gasteiger partial charge in [0.1, 0.15) is 5.75 Å². The third kappa shape index (κ3) is 3.37. The van der Waals surface area contributed by atoms with E-state index in [4.69, 9.17) is 15.7 Å². The van der Waals surface area contributed by atoms with E-state index in [1.165, 1.54) is 11.9 Å². The molecule has 0 saturated carbocycles. The molecule has 0 bridgehead atoms. The Labute approximate surface area is 99.3 Å². The highest BCUT2D eigenvalue weighted by molar-refractivity contribution is 5.88. The highest BCUT2D eigenvalue weighted by atomic mass is 16.6. The van der Waals surface area contributed by atoms with Gasteiger partial charge in [-0.2, -0.15) is 0 Å². The van der Waals surface area contributed by atoms with Gasteiger partial charge in [-0.1, -0.05) is 23.4 Å². The van der Waals surface area contributed by atoms with Crippen molar-refractivity contribution in [1.82, 2.24) is 4.90 Å². The van der Waals surface area contributed by atoms with Crippen LogP contribution in [0.5, 0.6) is 5.75 Å². The van der Waals surface area contributed by atoms with Crippen molar-refractivity contribution in [2.24, 2.45) is 10.9 Å². The summed E-state index contributed by atoms with van der Waals surface area (Å²) < 4.78 is 5.09. The summed E-state index contributed by atoms with van der Waals surface area (Å²) in [5.41, 5.74) is 5.40. The second kappa shape index (κ2) is 5.74. The fourth-order valence-corrected chi connectivity index (χ4v) is 1.10. The van der Waals surface area contributed by atoms with E-state index in [2.05, 4.69) is 5.16 Å². The Hall–Kier alpha value is -2.24. The first kappa shape index (κ1) is 12.8. The first-order valence-electron chi connectivity index (χ1n) is 5.03. The molecule has 3 N–H and O–H groups in total. The van der Waals surface area contributed by atoms with Gasteiger partial charge >= 0.3 is 6.09 Å². The van der Waals surface area contributed by atoms with Gasteiger partial charge in [0.25, 0.3) is 0 Å². The van der Waals surface area contributed by atoms with E-state index in [0.717, 1.165) is 0 Å². The van der Waals surface area contributed by atoms with Gasteiger partial charge in [0.2, 0.25) is 0 Å². The summed E-state index contributed by atoms with van der Waals surface area (Å²) >= 11 is 0. The number of hydrogen-bond donors (Lipinski definition) is 2. The van der Waals surface area contributed by atoms with Crippen LogP contribution in [0.15, 0.2) is 35.5 Å². The highest BCUT2D eigenvalue weighted by Gasteiger charge is 2.20. The Kier molecular flexibility index (Phi) is 4.33. The molecule has 1 amide bonds. The van der Waals surface area contributed by atoms with Crippen molar-refractivity contribution < 1.29 is 14.7 Å². The highest BCUT2D eigenvalue weighted by Crippen LogP contribution is 2.10. The second-order valence-corrected chi connectivity index (χ2v) is 3.49. The molecule has 0 saturated heterocycles. The average Bonchev–Trinajstić information content (AvgIpc) is 2.37. The number of oxime groups is 1. The molecule has 0 heterocycles. The van der Waals surface area contributed by atoms with Gasteiger partial charge < -0.3 is 20.6 Å². The molecule has 0 aliphatic heterocycles. The van der Waals surface area contributed by atoms with Crippen LogP contribution in [0.1, 0.15) is 6.92 Å². The molecule has 0 radical (unpaired) electrons. The maximum Gasteiger partial charge on any atom is 0.415 e. The summed E-state index contributed by atoms with van der Waals surface area (Å²) in [6, 6.07) is 8.13. The van der Waals surface area contributed by atoms with Crippen molar-refractivity contribution in [2.75, 3.05) is 7.05 Å². The molecule has 0 fully saturated rings. The predicted octanol–water partition coefficient (Wildman–Crippen LogP) is 1.25. The number of nitrogens with two attached hydrogens (primary N) is 1. The zero-order valence-corrected chi connectivity index (χ0v) is 9.70. The van der Waals surface area contributed by atoms with Crippen LogP contribution < -0.4 is 10.5 Å². The van der Waals surface area contributed by atoms with Crippen molar-refractivity contribution in [2.45, 2.75) is 13.0 Å². The van der Waals surface area contributed by atoms with Crippen LogP contribution in [-0.4, -0.2) is 35.1 Å². The molecule has 6 nitrogen and oxygen atoms in total. The zero-order valence-electron chi connectivity index (χ0n) is 9.70. The van der Waals surface area contributed by atoms with Crippen molar-refractivity contribution in [3.8, 4) is 5.75 Å². The number of benzene rings is 1. The molecule has 6 heteroatoms. The first-order chi connectivity index (χ1) is 8.06. The first-order valence-corrected chi connectivity index (χ1v) is 5.03. The van der Waals surface area contributed by atoms with Crippen LogP contribution in [0, 0.1) is 0 Å². The lowest BCUT2D eigenvalue weighted by Crippen LogP contribution is -2.45. The topological polar surface area (TPSA) is 88.2 Å². The Morgan fingerprint density at radius 2 is 2.06 bits per heavy atom. The van der Waals surface area contributed by atoms with E-state index >= 15 is 0 Å². The normalized spacial score (nSPS) is 12.9. The average molecular weight is 237 g/mol. The van der Waals surface area contributed by atoms with Gasteiger partial charge in [-0.3, -0.25) is 0 Å². The summed E-state index contributed by atoms with van der Waals surface area (Å²) in [6.45, 7) is 1.63. The van der Waals surface area contributed by atoms with Crippen LogP contribution in [0.25, 0.3) is 0 Å². The number of nitrogens with zero attached hydrogens (tertiary/aromatic N) is 2. The van der Waals surface area contributed by atoms with Crippen LogP contribution >= 0.6 is 0 Å². The van der Waals surface area contributed by atoms with Crippen molar-refractivity contribution in [3.05, 3.63) is 30.3 Å². The van der Waals surface area contributed by atoms with Gasteiger partial charge in [0, 0.05) is 7.05 Å². The number of para-hydroxylation sites is 1. The number of carbonyl (C=O) groups excluding carboxylic acids is 1. The molecule has 92 valence electrons. The lowest BCUT2D eigenvalue weighted by Gasteiger charge is -2.22. The maximum absolute atomic E-state index is 11.7. The Morgan fingerprint density at radius 3 is 2.59 bits per heavy atom. The SMILES string of the molecule is CC(C(N)=NO)N(C)C(=O)Oc1ccccc1. The molecule has 1 atom stereocenters. The van der Waals surface area contributed by atoms with E-state index in [1.54, 1.807) is 31.2 Å². The van der Waals surface area contributed by atoms with Crippen molar-refractivity contribution in [1.29, 1.82) is 0 Å². The van der Waals surface area contributed by atoms with E-state index in [1.807, 2.05) is 6.07 Å². The second-order valence-electron chi connectivity index (χ2n) is 3.49. The monoisotopic (exact) mass is 237 g/mol. The molecule has 1 unspecified atom stereocenters. The predicted molar refractivity (Wildman–Crippen MR) is 63.1 cm³/mol. The van der Waals surface area contributed by atoms with Gasteiger partial charge in [-0.05, 0) is 19.1 Å². The fraction of sp³-hybridized carbons (Fsp3) is 0.273. The van der Waals surface area contributed by atoms with Crippen molar-refractivity contribution in [3.63, 3.8) is 0 Å². The molecule has 0 spiro atoms. The maximum atomic E-state index is 11.7. The van der Waals surface area contributed by atoms with Gasteiger partial charge in [-0.15, -0.1) is 0 Å². The standard InChI is InChI=1S/C11H15N3O3/c1-8(10(12)13-16)14(2)11(15)17-9-6-4-3-5-7-9/h3-8,16H,1-2H3,(H2,12,13). The molecule has 0 aliphatic rings. The Balaban J connectivity index is 2.65.